The molecule has 15 heavy (non-hydrogen) atoms. The summed E-state index contributed by atoms with van der Waals surface area (Å²) in [6.45, 7) is 1.98. The van der Waals surface area contributed by atoms with Crippen molar-refractivity contribution in [2.45, 2.75) is 6.92 Å². The molecule has 0 aliphatic heterocycles. The van der Waals surface area contributed by atoms with E-state index in [2.05, 4.69) is 0 Å². The zero-order valence-electron chi connectivity index (χ0n) is 8.16. The molecule has 0 amide bonds. The van der Waals surface area contributed by atoms with Crippen LogP contribution in [-0.4, -0.2) is 6.29 Å². The number of aryl methyl sites for hydroxylation is 1. The van der Waals surface area contributed by atoms with Gasteiger partial charge in [0.05, 0.1) is 0 Å². The van der Waals surface area contributed by atoms with E-state index in [1.54, 1.807) is 23.5 Å². The third-order valence-electron chi connectivity index (χ3n) is 2.14. The summed E-state index contributed by atoms with van der Waals surface area (Å²) in [5.41, 5.74) is 0.920. The molecule has 0 N–H and O–H groups in total. The monoisotopic (exact) mass is 220 g/mol. The van der Waals surface area contributed by atoms with Crippen molar-refractivity contribution in [1.82, 2.24) is 0 Å². The minimum Gasteiger partial charge on any atom is -0.298 e. The largest absolute Gasteiger partial charge is 0.298 e. The molecule has 3 heteroatoms. The maximum Gasteiger partial charge on any atom is 0.150 e. The molecule has 0 saturated heterocycles. The normalized spacial score (nSPS) is 10.3. The van der Waals surface area contributed by atoms with Crippen LogP contribution in [0, 0.1) is 12.7 Å². The minimum atomic E-state index is -0.346. The summed E-state index contributed by atoms with van der Waals surface area (Å²) in [4.78, 5) is 12.5. The number of thiophene rings is 1. The second-order valence-corrected chi connectivity index (χ2v) is 4.56. The molecule has 0 aliphatic carbocycles. The molecule has 2 aromatic rings. The topological polar surface area (TPSA) is 17.1 Å². The van der Waals surface area contributed by atoms with Crippen LogP contribution in [0.5, 0.6) is 0 Å². The van der Waals surface area contributed by atoms with Crippen molar-refractivity contribution in [3.05, 3.63) is 46.6 Å². The molecule has 0 radical (unpaired) electrons. The Balaban J connectivity index is 2.49. The van der Waals surface area contributed by atoms with Gasteiger partial charge in [-0.1, -0.05) is 6.07 Å². The molecule has 1 heterocycles. The Morgan fingerprint density at radius 3 is 2.60 bits per heavy atom. The average Bonchev–Trinajstić information content (AvgIpc) is 2.64. The molecule has 1 aromatic heterocycles. The van der Waals surface area contributed by atoms with Gasteiger partial charge in [-0.2, -0.15) is 0 Å². The second-order valence-electron chi connectivity index (χ2n) is 3.27. The van der Waals surface area contributed by atoms with Gasteiger partial charge in [0, 0.05) is 20.9 Å². The number of rotatable bonds is 2. The maximum absolute atomic E-state index is 13.6. The van der Waals surface area contributed by atoms with E-state index in [-0.39, 0.29) is 5.82 Å². The van der Waals surface area contributed by atoms with E-state index in [0.29, 0.717) is 17.4 Å². The van der Waals surface area contributed by atoms with Gasteiger partial charge in [0.2, 0.25) is 0 Å². The van der Waals surface area contributed by atoms with Crippen LogP contribution in [0.4, 0.5) is 4.39 Å². The standard InChI is InChI=1S/C12H9FOS/c1-8-2-5-12(15-8)10-4-3-9(7-14)6-11(10)13/h2-7H,1H3. The van der Waals surface area contributed by atoms with Gasteiger partial charge in [0.15, 0.2) is 0 Å². The molecule has 0 saturated carbocycles. The molecular weight excluding hydrogens is 211 g/mol. The van der Waals surface area contributed by atoms with E-state index in [9.17, 15) is 9.18 Å². The van der Waals surface area contributed by atoms with Crippen LogP contribution in [-0.2, 0) is 0 Å². The van der Waals surface area contributed by atoms with Crippen molar-refractivity contribution in [2.24, 2.45) is 0 Å². The van der Waals surface area contributed by atoms with Crippen LogP contribution in [0.2, 0.25) is 0 Å². The van der Waals surface area contributed by atoms with Crippen LogP contribution in [0.15, 0.2) is 30.3 Å². The Morgan fingerprint density at radius 2 is 2.07 bits per heavy atom. The summed E-state index contributed by atoms with van der Waals surface area (Å²) in [6, 6.07) is 8.37. The Labute approximate surface area is 91.2 Å². The van der Waals surface area contributed by atoms with E-state index >= 15 is 0 Å². The van der Waals surface area contributed by atoms with Crippen LogP contribution in [0.3, 0.4) is 0 Å². The summed E-state index contributed by atoms with van der Waals surface area (Å²) in [5, 5.41) is 0. The van der Waals surface area contributed by atoms with Crippen LogP contribution < -0.4 is 0 Å². The third kappa shape index (κ3) is 1.97. The van der Waals surface area contributed by atoms with E-state index in [0.717, 1.165) is 9.75 Å². The number of carbonyl (C=O) groups is 1. The van der Waals surface area contributed by atoms with Crippen LogP contribution >= 0.6 is 11.3 Å². The summed E-state index contributed by atoms with van der Waals surface area (Å²) in [6.07, 6.45) is 0.645. The molecule has 0 spiro atoms. The molecule has 76 valence electrons. The highest BCUT2D eigenvalue weighted by atomic mass is 32.1. The third-order valence-corrected chi connectivity index (χ3v) is 3.17. The van der Waals surface area contributed by atoms with Gasteiger partial charge in [-0.25, -0.2) is 4.39 Å². The first-order valence-electron chi connectivity index (χ1n) is 4.52. The van der Waals surface area contributed by atoms with Gasteiger partial charge in [0.1, 0.15) is 12.1 Å². The van der Waals surface area contributed by atoms with Gasteiger partial charge >= 0.3 is 0 Å². The van der Waals surface area contributed by atoms with E-state index < -0.39 is 0 Å². The lowest BCUT2D eigenvalue weighted by Crippen LogP contribution is -1.85. The Kier molecular flexibility index (Phi) is 2.64. The van der Waals surface area contributed by atoms with Gasteiger partial charge in [-0.3, -0.25) is 4.79 Å². The predicted molar refractivity (Wildman–Crippen MR) is 59.8 cm³/mol. The smallest absolute Gasteiger partial charge is 0.150 e. The highest BCUT2D eigenvalue weighted by Gasteiger charge is 2.07. The molecule has 2 rings (SSSR count). The lowest BCUT2D eigenvalue weighted by Gasteiger charge is -2.00. The van der Waals surface area contributed by atoms with Gasteiger partial charge < -0.3 is 0 Å². The SMILES string of the molecule is Cc1ccc(-c2ccc(C=O)cc2F)s1. The number of benzene rings is 1. The van der Waals surface area contributed by atoms with Gasteiger partial charge in [0.25, 0.3) is 0 Å². The van der Waals surface area contributed by atoms with E-state index in [1.165, 1.54) is 6.07 Å². The molecule has 0 fully saturated rings. The summed E-state index contributed by atoms with van der Waals surface area (Å²) >= 11 is 1.54. The lowest BCUT2D eigenvalue weighted by atomic mass is 10.1. The highest BCUT2D eigenvalue weighted by molar-refractivity contribution is 7.15. The van der Waals surface area contributed by atoms with E-state index in [4.69, 9.17) is 0 Å². The lowest BCUT2D eigenvalue weighted by molar-refractivity contribution is 0.112. The first kappa shape index (κ1) is 10.1. The first-order valence-corrected chi connectivity index (χ1v) is 5.34. The highest BCUT2D eigenvalue weighted by Crippen LogP contribution is 2.29. The predicted octanol–water partition coefficient (Wildman–Crippen LogP) is 3.68. The summed E-state index contributed by atoms with van der Waals surface area (Å²) in [7, 11) is 0. The Bertz CT molecular complexity index is 502. The first-order chi connectivity index (χ1) is 7.20. The Hall–Kier alpha value is -1.48. The van der Waals surface area contributed by atoms with Crippen molar-refractivity contribution in [3.63, 3.8) is 0 Å². The van der Waals surface area contributed by atoms with Gasteiger partial charge in [-0.05, 0) is 31.2 Å². The van der Waals surface area contributed by atoms with Crippen molar-refractivity contribution in [2.75, 3.05) is 0 Å². The summed E-state index contributed by atoms with van der Waals surface area (Å²) in [5.74, 6) is -0.346. The molecular formula is C12H9FOS. The molecule has 0 aliphatic rings. The van der Waals surface area contributed by atoms with Crippen molar-refractivity contribution in [1.29, 1.82) is 0 Å². The molecule has 0 unspecified atom stereocenters. The van der Waals surface area contributed by atoms with Crippen molar-refractivity contribution >= 4 is 17.6 Å². The fraction of sp³-hybridized carbons (Fsp3) is 0.0833. The molecule has 1 nitrogen and oxygen atoms in total. The van der Waals surface area contributed by atoms with Crippen molar-refractivity contribution < 1.29 is 9.18 Å². The summed E-state index contributed by atoms with van der Waals surface area (Å²) < 4.78 is 13.6. The van der Waals surface area contributed by atoms with Gasteiger partial charge in [-0.15, -0.1) is 11.3 Å². The number of hydrogen-bond acceptors (Lipinski definition) is 2. The average molecular weight is 220 g/mol. The molecule has 0 bridgehead atoms. The van der Waals surface area contributed by atoms with Crippen LogP contribution in [0.1, 0.15) is 15.2 Å². The fourth-order valence-corrected chi connectivity index (χ4v) is 2.28. The second kappa shape index (κ2) is 3.95. The number of carbonyl (C=O) groups excluding carboxylic acids is 1. The number of halogens is 1. The number of aldehydes is 1. The molecule has 1 aromatic carbocycles. The zero-order valence-corrected chi connectivity index (χ0v) is 8.98. The quantitative estimate of drug-likeness (QED) is 0.706. The number of hydrogen-bond donors (Lipinski definition) is 0. The minimum absolute atomic E-state index is 0.346. The molecule has 0 atom stereocenters. The Morgan fingerprint density at radius 1 is 1.27 bits per heavy atom. The van der Waals surface area contributed by atoms with Crippen molar-refractivity contribution in [3.8, 4) is 10.4 Å². The fourth-order valence-electron chi connectivity index (χ4n) is 1.38. The zero-order chi connectivity index (χ0) is 10.8. The van der Waals surface area contributed by atoms with Crippen LogP contribution in [0.25, 0.3) is 10.4 Å². The maximum atomic E-state index is 13.6. The van der Waals surface area contributed by atoms with E-state index in [1.807, 2.05) is 19.1 Å².